The zero-order valence-electron chi connectivity index (χ0n) is 15.1. The van der Waals surface area contributed by atoms with E-state index in [1.807, 2.05) is 31.2 Å². The van der Waals surface area contributed by atoms with Crippen LogP contribution in [0.25, 0.3) is 11.5 Å². The molecule has 1 heterocycles. The van der Waals surface area contributed by atoms with Crippen LogP contribution in [0.1, 0.15) is 18.5 Å². The lowest BCUT2D eigenvalue weighted by Gasteiger charge is -2.15. The molecule has 28 heavy (non-hydrogen) atoms. The second kappa shape index (κ2) is 9.32. The maximum absolute atomic E-state index is 12.2. The van der Waals surface area contributed by atoms with E-state index >= 15 is 0 Å². The number of nitrogens with one attached hydrogen (secondary N) is 1. The molecule has 1 N–H and O–H groups in total. The zero-order valence-corrected chi connectivity index (χ0v) is 17.4. The third-order valence-electron chi connectivity index (χ3n) is 3.88. The highest BCUT2D eigenvalue weighted by molar-refractivity contribution is 7.99. The first-order valence-corrected chi connectivity index (χ1v) is 10.1. The summed E-state index contributed by atoms with van der Waals surface area (Å²) in [5.74, 6) is 1.09. The number of carbonyl (C=O) groups excluding carboxylic acids is 1. The lowest BCUT2D eigenvalue weighted by atomic mass is 10.1. The van der Waals surface area contributed by atoms with E-state index in [-0.39, 0.29) is 17.7 Å². The summed E-state index contributed by atoms with van der Waals surface area (Å²) in [6, 6.07) is 12.2. The molecule has 0 spiro atoms. The van der Waals surface area contributed by atoms with E-state index in [1.54, 1.807) is 25.3 Å². The van der Waals surface area contributed by atoms with Crippen LogP contribution in [-0.4, -0.2) is 29.0 Å². The molecular weight excluding hydrogens is 421 g/mol. The minimum atomic E-state index is -0.254. The minimum Gasteiger partial charge on any atom is -0.497 e. The summed E-state index contributed by atoms with van der Waals surface area (Å²) in [5, 5.41) is 12.2. The summed E-state index contributed by atoms with van der Waals surface area (Å²) in [4.78, 5) is 12.2. The Morgan fingerprint density at radius 1 is 1.21 bits per heavy atom. The van der Waals surface area contributed by atoms with Crippen LogP contribution >= 0.6 is 35.0 Å². The molecule has 1 aromatic heterocycles. The van der Waals surface area contributed by atoms with Crippen molar-refractivity contribution in [3.63, 3.8) is 0 Å². The van der Waals surface area contributed by atoms with Crippen LogP contribution in [0, 0.1) is 0 Å². The predicted molar refractivity (Wildman–Crippen MR) is 110 cm³/mol. The summed E-state index contributed by atoms with van der Waals surface area (Å²) in [7, 11) is 1.60. The van der Waals surface area contributed by atoms with Gasteiger partial charge in [-0.05, 0) is 48.9 Å². The highest BCUT2D eigenvalue weighted by atomic mass is 35.5. The Hall–Kier alpha value is -2.22. The van der Waals surface area contributed by atoms with Gasteiger partial charge in [-0.2, -0.15) is 0 Å². The van der Waals surface area contributed by atoms with E-state index in [2.05, 4.69) is 15.5 Å². The quantitative estimate of drug-likeness (QED) is 0.522. The van der Waals surface area contributed by atoms with E-state index in [0.29, 0.717) is 21.2 Å². The van der Waals surface area contributed by atoms with E-state index in [4.69, 9.17) is 32.4 Å². The zero-order chi connectivity index (χ0) is 20.1. The van der Waals surface area contributed by atoms with Gasteiger partial charge in [-0.15, -0.1) is 10.2 Å². The van der Waals surface area contributed by atoms with Gasteiger partial charge in [0.05, 0.1) is 18.9 Å². The number of thioether (sulfide) groups is 1. The monoisotopic (exact) mass is 437 g/mol. The Labute approximate surface area is 176 Å². The van der Waals surface area contributed by atoms with Crippen LogP contribution < -0.4 is 10.1 Å². The summed E-state index contributed by atoms with van der Waals surface area (Å²) in [6.45, 7) is 1.85. The number of methoxy groups -OCH3 is 1. The van der Waals surface area contributed by atoms with Gasteiger partial charge < -0.3 is 14.5 Å². The normalized spacial score (nSPS) is 11.9. The number of nitrogens with zero attached hydrogens (tertiary/aromatic N) is 2. The number of benzene rings is 2. The summed E-state index contributed by atoms with van der Waals surface area (Å²) < 4.78 is 10.7. The Morgan fingerprint density at radius 2 is 1.96 bits per heavy atom. The Balaban J connectivity index is 1.55. The lowest BCUT2D eigenvalue weighted by molar-refractivity contribution is -0.119. The second-order valence-electron chi connectivity index (χ2n) is 5.85. The fourth-order valence-electron chi connectivity index (χ4n) is 2.46. The fraction of sp³-hybridized carbons (Fsp3) is 0.211. The number of amides is 1. The molecule has 0 fully saturated rings. The molecule has 0 aliphatic heterocycles. The Kier molecular flexibility index (Phi) is 6.83. The van der Waals surface area contributed by atoms with Crippen LogP contribution in [0.3, 0.4) is 0 Å². The molecule has 0 aliphatic rings. The molecule has 3 aromatic rings. The van der Waals surface area contributed by atoms with E-state index in [0.717, 1.165) is 28.6 Å². The molecule has 146 valence electrons. The van der Waals surface area contributed by atoms with Gasteiger partial charge in [0.25, 0.3) is 5.22 Å². The minimum absolute atomic E-state index is 0.139. The van der Waals surface area contributed by atoms with Gasteiger partial charge in [0.2, 0.25) is 11.8 Å². The van der Waals surface area contributed by atoms with Crippen molar-refractivity contribution in [3.05, 3.63) is 58.1 Å². The van der Waals surface area contributed by atoms with E-state index in [1.165, 1.54) is 0 Å². The number of carbonyl (C=O) groups is 1. The van der Waals surface area contributed by atoms with Crippen molar-refractivity contribution >= 4 is 40.9 Å². The highest BCUT2D eigenvalue weighted by Crippen LogP contribution is 2.27. The molecule has 1 amide bonds. The van der Waals surface area contributed by atoms with Crippen molar-refractivity contribution in [2.75, 3.05) is 12.9 Å². The number of rotatable bonds is 7. The number of ether oxygens (including phenoxy) is 1. The standard InChI is InChI=1S/C19H17Cl2N3O3S/c1-11(15-8-5-13(20)9-16(15)21)22-17(25)10-28-19-24-23-18(27-19)12-3-6-14(26-2)7-4-12/h3-9,11H,10H2,1-2H3,(H,22,25). The van der Waals surface area contributed by atoms with Gasteiger partial charge in [-0.3, -0.25) is 4.79 Å². The molecule has 6 nitrogen and oxygen atoms in total. The Bertz CT molecular complexity index is 963. The Morgan fingerprint density at radius 3 is 2.64 bits per heavy atom. The second-order valence-corrected chi connectivity index (χ2v) is 7.62. The molecule has 1 atom stereocenters. The molecular formula is C19H17Cl2N3O3S. The molecule has 9 heteroatoms. The largest absolute Gasteiger partial charge is 0.497 e. The van der Waals surface area contributed by atoms with Crippen LogP contribution in [0.5, 0.6) is 5.75 Å². The van der Waals surface area contributed by atoms with Crippen LogP contribution in [-0.2, 0) is 4.79 Å². The molecule has 3 rings (SSSR count). The van der Waals surface area contributed by atoms with Gasteiger partial charge in [0.15, 0.2) is 0 Å². The van der Waals surface area contributed by atoms with Gasteiger partial charge in [-0.25, -0.2) is 0 Å². The van der Waals surface area contributed by atoms with Crippen LogP contribution in [0.2, 0.25) is 10.0 Å². The first-order chi connectivity index (χ1) is 13.5. The maximum atomic E-state index is 12.2. The molecule has 1 unspecified atom stereocenters. The van der Waals surface area contributed by atoms with Crippen LogP contribution in [0.4, 0.5) is 0 Å². The first kappa shape index (κ1) is 20.5. The van der Waals surface area contributed by atoms with E-state index in [9.17, 15) is 4.79 Å². The average molecular weight is 438 g/mol. The number of halogens is 2. The van der Waals surface area contributed by atoms with Gasteiger partial charge >= 0.3 is 0 Å². The molecule has 0 saturated heterocycles. The van der Waals surface area contributed by atoms with Gasteiger partial charge in [-0.1, -0.05) is 41.0 Å². The van der Waals surface area contributed by atoms with Crippen LogP contribution in [0.15, 0.2) is 52.1 Å². The van der Waals surface area contributed by atoms with Crippen molar-refractivity contribution in [1.29, 1.82) is 0 Å². The summed E-state index contributed by atoms with van der Waals surface area (Å²) in [5.41, 5.74) is 1.57. The van der Waals surface area contributed by atoms with Crippen molar-refractivity contribution in [2.24, 2.45) is 0 Å². The average Bonchev–Trinajstić information content (AvgIpc) is 3.15. The van der Waals surface area contributed by atoms with Crippen molar-refractivity contribution in [1.82, 2.24) is 15.5 Å². The molecule has 0 saturated carbocycles. The van der Waals surface area contributed by atoms with E-state index < -0.39 is 0 Å². The molecule has 2 aromatic carbocycles. The van der Waals surface area contributed by atoms with Crippen molar-refractivity contribution in [3.8, 4) is 17.2 Å². The summed E-state index contributed by atoms with van der Waals surface area (Å²) in [6.07, 6.45) is 0. The number of aromatic nitrogens is 2. The topological polar surface area (TPSA) is 77.2 Å². The molecule has 0 radical (unpaired) electrons. The number of hydrogen-bond donors (Lipinski definition) is 1. The fourth-order valence-corrected chi connectivity index (χ4v) is 3.61. The van der Waals surface area contributed by atoms with Gasteiger partial charge in [0, 0.05) is 15.6 Å². The maximum Gasteiger partial charge on any atom is 0.277 e. The third kappa shape index (κ3) is 5.19. The van der Waals surface area contributed by atoms with Crippen molar-refractivity contribution in [2.45, 2.75) is 18.2 Å². The predicted octanol–water partition coefficient (Wildman–Crippen LogP) is 5.02. The highest BCUT2D eigenvalue weighted by Gasteiger charge is 2.15. The summed E-state index contributed by atoms with van der Waals surface area (Å²) >= 11 is 13.2. The first-order valence-electron chi connectivity index (χ1n) is 8.31. The van der Waals surface area contributed by atoms with Crippen molar-refractivity contribution < 1.29 is 13.9 Å². The number of hydrogen-bond acceptors (Lipinski definition) is 6. The molecule has 0 bridgehead atoms. The third-order valence-corrected chi connectivity index (χ3v) is 5.26. The lowest BCUT2D eigenvalue weighted by Crippen LogP contribution is -2.28. The smallest absolute Gasteiger partial charge is 0.277 e. The van der Waals surface area contributed by atoms with Gasteiger partial charge in [0.1, 0.15) is 5.75 Å². The SMILES string of the molecule is COc1ccc(-c2nnc(SCC(=O)NC(C)c3ccc(Cl)cc3Cl)o2)cc1. The molecule has 0 aliphatic carbocycles.